The molecule has 0 bridgehead atoms. The van der Waals surface area contributed by atoms with E-state index in [9.17, 15) is 4.39 Å². The zero-order chi connectivity index (χ0) is 11.1. The zero-order valence-electron chi connectivity index (χ0n) is 8.56. The Balaban J connectivity index is 4.84. The average Bonchev–Trinajstić information content (AvgIpc) is 2.14. The third-order valence-corrected chi connectivity index (χ3v) is 2.29. The van der Waals surface area contributed by atoms with E-state index < -0.39 is 0 Å². The molecule has 0 spiro atoms. The monoisotopic (exact) mass is 260 g/mol. The minimum atomic E-state index is -0.366. The van der Waals surface area contributed by atoms with Crippen LogP contribution in [0.3, 0.4) is 0 Å². The molecule has 0 saturated carbocycles. The first-order valence-electron chi connectivity index (χ1n) is 4.33. The third kappa shape index (κ3) is 5.07. The van der Waals surface area contributed by atoms with Crippen LogP contribution < -0.4 is 0 Å². The van der Waals surface area contributed by atoms with Gasteiger partial charge in [0.05, 0.1) is 0 Å². The molecule has 0 radical (unpaired) electrons. The lowest BCUT2D eigenvalue weighted by atomic mass is 10.2. The van der Waals surface area contributed by atoms with Crippen LogP contribution in [0.4, 0.5) is 4.39 Å². The number of aliphatic imine (C=N–C) groups is 1. The van der Waals surface area contributed by atoms with Gasteiger partial charge in [-0.05, 0) is 42.3 Å². The Kier molecular flexibility index (Phi) is 6.28. The van der Waals surface area contributed by atoms with Crippen molar-refractivity contribution < 1.29 is 4.39 Å². The molecule has 0 saturated heterocycles. The molecule has 14 heavy (non-hydrogen) atoms. The fourth-order valence-corrected chi connectivity index (χ4v) is 0.896. The number of allylic oxidation sites excluding steroid dienone is 4. The van der Waals surface area contributed by atoms with Crippen LogP contribution in [0.1, 0.15) is 27.2 Å². The normalized spacial score (nSPS) is 14.5. The molecule has 0 aromatic rings. The number of hydrogen-bond donors (Lipinski definition) is 1. The van der Waals surface area contributed by atoms with Crippen molar-refractivity contribution in [2.75, 3.05) is 0 Å². The summed E-state index contributed by atoms with van der Waals surface area (Å²) in [6.45, 7) is 5.17. The maximum atomic E-state index is 13.3. The zero-order valence-corrected chi connectivity index (χ0v) is 10.2. The average molecular weight is 261 g/mol. The van der Waals surface area contributed by atoms with Crippen molar-refractivity contribution in [1.82, 2.24) is 0 Å². The highest BCUT2D eigenvalue weighted by molar-refractivity contribution is 9.11. The maximum absolute atomic E-state index is 13.3. The fraction of sp³-hybridized carbons (Fsp3) is 0.400. The quantitative estimate of drug-likeness (QED) is 0.453. The van der Waals surface area contributed by atoms with Crippen LogP contribution in [0.15, 0.2) is 27.5 Å². The lowest BCUT2D eigenvalue weighted by Gasteiger charge is -1.98. The van der Waals surface area contributed by atoms with Crippen LogP contribution in [-0.2, 0) is 0 Å². The van der Waals surface area contributed by atoms with E-state index in [0.29, 0.717) is 16.6 Å². The summed E-state index contributed by atoms with van der Waals surface area (Å²) in [7, 11) is 0. The highest BCUT2D eigenvalue weighted by Gasteiger charge is 2.01. The Morgan fingerprint density at radius 3 is 2.50 bits per heavy atom. The van der Waals surface area contributed by atoms with Crippen molar-refractivity contribution in [3.63, 3.8) is 0 Å². The first kappa shape index (κ1) is 13.2. The molecule has 1 N–H and O–H groups in total. The number of nitrogens with zero attached hydrogens (tertiary/aromatic N) is 1. The summed E-state index contributed by atoms with van der Waals surface area (Å²) in [4.78, 5) is 3.89. The van der Waals surface area contributed by atoms with E-state index in [1.54, 1.807) is 19.9 Å². The van der Waals surface area contributed by atoms with Crippen LogP contribution in [-0.4, -0.2) is 11.5 Å². The summed E-state index contributed by atoms with van der Waals surface area (Å²) in [6, 6.07) is 0. The van der Waals surface area contributed by atoms with Gasteiger partial charge in [-0.2, -0.15) is 0 Å². The summed E-state index contributed by atoms with van der Waals surface area (Å²) in [5, 5.41) is 7.16. The van der Waals surface area contributed by atoms with Crippen molar-refractivity contribution in [3.8, 4) is 0 Å². The molecule has 0 aromatic heterocycles. The van der Waals surface area contributed by atoms with Gasteiger partial charge in [-0.3, -0.25) is 5.41 Å². The third-order valence-electron chi connectivity index (χ3n) is 1.45. The lowest BCUT2D eigenvalue weighted by Crippen LogP contribution is -1.96. The van der Waals surface area contributed by atoms with Crippen LogP contribution >= 0.6 is 15.9 Å². The first-order chi connectivity index (χ1) is 6.51. The molecular weight excluding hydrogens is 247 g/mol. The molecule has 4 heteroatoms. The first-order valence-corrected chi connectivity index (χ1v) is 5.12. The standard InChI is InChI=1S/C10H14BrFN2/c1-4-8(14-7(3)13)6-10(12)9(11)5-2/h5-6,13H,4H2,1-3H3/b9-5+,10-6+,13-7?,14-8?. The van der Waals surface area contributed by atoms with Crippen molar-refractivity contribution in [2.45, 2.75) is 27.2 Å². The largest absolute Gasteiger partial charge is 0.287 e. The van der Waals surface area contributed by atoms with E-state index in [-0.39, 0.29) is 11.7 Å². The van der Waals surface area contributed by atoms with Crippen LogP contribution in [0.2, 0.25) is 0 Å². The van der Waals surface area contributed by atoms with Gasteiger partial charge in [0.1, 0.15) is 11.7 Å². The lowest BCUT2D eigenvalue weighted by molar-refractivity contribution is 0.665. The van der Waals surface area contributed by atoms with Gasteiger partial charge in [-0.15, -0.1) is 0 Å². The molecule has 0 heterocycles. The summed E-state index contributed by atoms with van der Waals surface area (Å²) < 4.78 is 13.7. The van der Waals surface area contributed by atoms with Crippen molar-refractivity contribution in [2.24, 2.45) is 4.99 Å². The van der Waals surface area contributed by atoms with Crippen molar-refractivity contribution in [3.05, 3.63) is 22.5 Å². The Morgan fingerprint density at radius 1 is 1.57 bits per heavy atom. The van der Waals surface area contributed by atoms with Gasteiger partial charge >= 0.3 is 0 Å². The Hall–Kier alpha value is -0.770. The molecule has 0 unspecified atom stereocenters. The second-order valence-electron chi connectivity index (χ2n) is 2.67. The van der Waals surface area contributed by atoms with Gasteiger partial charge in [0.15, 0.2) is 0 Å². The van der Waals surface area contributed by atoms with Gasteiger partial charge in [0, 0.05) is 10.2 Å². The van der Waals surface area contributed by atoms with Gasteiger partial charge < -0.3 is 0 Å². The SMILES string of the molecule is C/C=C(Br)\C(F)=C/C(CC)=NC(C)=N. The second kappa shape index (κ2) is 6.65. The predicted octanol–water partition coefficient (Wildman–Crippen LogP) is 3.99. The smallest absolute Gasteiger partial charge is 0.138 e. The summed E-state index contributed by atoms with van der Waals surface area (Å²) in [5.74, 6) is -0.183. The molecule has 0 aliphatic carbocycles. The van der Waals surface area contributed by atoms with Gasteiger partial charge in [0.25, 0.3) is 0 Å². The summed E-state index contributed by atoms with van der Waals surface area (Å²) >= 11 is 3.08. The van der Waals surface area contributed by atoms with E-state index in [2.05, 4.69) is 20.9 Å². The van der Waals surface area contributed by atoms with Crippen molar-refractivity contribution >= 4 is 27.5 Å². The van der Waals surface area contributed by atoms with Crippen LogP contribution in [0, 0.1) is 5.41 Å². The van der Waals surface area contributed by atoms with E-state index in [0.717, 1.165) is 0 Å². The number of nitrogens with one attached hydrogen (secondary N) is 1. The van der Waals surface area contributed by atoms with Crippen molar-refractivity contribution in [1.29, 1.82) is 5.41 Å². The van der Waals surface area contributed by atoms with Crippen LogP contribution in [0.5, 0.6) is 0 Å². The molecular formula is C10H14BrFN2. The van der Waals surface area contributed by atoms with Crippen LogP contribution in [0.25, 0.3) is 0 Å². The Bertz CT molecular complexity index is 303. The molecule has 0 aliphatic rings. The minimum absolute atomic E-state index is 0.183. The van der Waals surface area contributed by atoms with Gasteiger partial charge in [-0.25, -0.2) is 9.38 Å². The topological polar surface area (TPSA) is 36.2 Å². The number of rotatable bonds is 3. The Labute approximate surface area is 92.3 Å². The number of hydrogen-bond acceptors (Lipinski definition) is 1. The molecule has 0 fully saturated rings. The fourth-order valence-electron chi connectivity index (χ4n) is 0.782. The predicted molar refractivity (Wildman–Crippen MR) is 63.0 cm³/mol. The molecule has 0 aliphatic heterocycles. The maximum Gasteiger partial charge on any atom is 0.138 e. The molecule has 0 rings (SSSR count). The Morgan fingerprint density at radius 2 is 2.14 bits per heavy atom. The highest BCUT2D eigenvalue weighted by Crippen LogP contribution is 2.18. The number of amidine groups is 1. The molecule has 0 aromatic carbocycles. The van der Waals surface area contributed by atoms with E-state index in [4.69, 9.17) is 5.41 Å². The van der Waals surface area contributed by atoms with Gasteiger partial charge in [-0.1, -0.05) is 13.0 Å². The highest BCUT2D eigenvalue weighted by atomic mass is 79.9. The summed E-state index contributed by atoms with van der Waals surface area (Å²) in [5.41, 5.74) is 0.564. The van der Waals surface area contributed by atoms with E-state index in [1.165, 1.54) is 6.08 Å². The molecule has 78 valence electrons. The number of halogens is 2. The second-order valence-corrected chi connectivity index (χ2v) is 3.53. The molecule has 2 nitrogen and oxygen atoms in total. The molecule has 0 atom stereocenters. The minimum Gasteiger partial charge on any atom is -0.287 e. The van der Waals surface area contributed by atoms with Gasteiger partial charge in [0.2, 0.25) is 0 Å². The van der Waals surface area contributed by atoms with E-state index in [1.807, 2.05) is 6.92 Å². The summed E-state index contributed by atoms with van der Waals surface area (Å²) in [6.07, 6.45) is 3.56. The van der Waals surface area contributed by atoms with E-state index >= 15 is 0 Å². The molecule has 0 amide bonds.